The number of ether oxygens (including phenoxy) is 3. The summed E-state index contributed by atoms with van der Waals surface area (Å²) >= 11 is 6.40. The van der Waals surface area contributed by atoms with Gasteiger partial charge in [0.1, 0.15) is 5.75 Å². The number of hydrogen-bond acceptors (Lipinski definition) is 7. The SMILES string of the molecule is O=C(COc1ccc(S(=O)(=O)N2CCc3ccccc3C2)cc1Cl)N1CCN(Cc2ccc3c(c2)OCO3)CC1. The second-order valence-corrected chi connectivity index (χ2v) is 12.4. The lowest BCUT2D eigenvalue weighted by Crippen LogP contribution is -2.49. The van der Waals surface area contributed by atoms with E-state index < -0.39 is 10.0 Å². The van der Waals surface area contributed by atoms with Gasteiger partial charge >= 0.3 is 0 Å². The molecule has 3 aromatic carbocycles. The van der Waals surface area contributed by atoms with E-state index in [0.29, 0.717) is 32.6 Å². The molecule has 210 valence electrons. The van der Waals surface area contributed by atoms with Crippen LogP contribution in [-0.4, -0.2) is 74.6 Å². The van der Waals surface area contributed by atoms with Gasteiger partial charge in [-0.15, -0.1) is 0 Å². The van der Waals surface area contributed by atoms with Crippen molar-refractivity contribution in [2.75, 3.05) is 46.1 Å². The molecule has 3 aliphatic rings. The van der Waals surface area contributed by atoms with Crippen LogP contribution in [0.4, 0.5) is 0 Å². The molecule has 6 rings (SSSR count). The molecule has 40 heavy (non-hydrogen) atoms. The van der Waals surface area contributed by atoms with E-state index in [4.69, 9.17) is 25.8 Å². The van der Waals surface area contributed by atoms with Crippen LogP contribution in [0.15, 0.2) is 65.6 Å². The Hall–Kier alpha value is -3.31. The van der Waals surface area contributed by atoms with Crippen molar-refractivity contribution in [3.8, 4) is 17.2 Å². The van der Waals surface area contributed by atoms with E-state index in [1.54, 1.807) is 4.90 Å². The number of hydrogen-bond donors (Lipinski definition) is 0. The molecule has 0 N–H and O–H groups in total. The number of rotatable bonds is 7. The number of fused-ring (bicyclic) bond motifs is 2. The molecule has 3 aliphatic heterocycles. The van der Waals surface area contributed by atoms with Gasteiger partial charge in [0.05, 0.1) is 9.92 Å². The Balaban J connectivity index is 1.01. The van der Waals surface area contributed by atoms with Crippen LogP contribution in [0.5, 0.6) is 17.2 Å². The first-order valence-electron chi connectivity index (χ1n) is 13.2. The van der Waals surface area contributed by atoms with Gasteiger partial charge in [0.2, 0.25) is 16.8 Å². The van der Waals surface area contributed by atoms with Crippen molar-refractivity contribution in [2.45, 2.75) is 24.4 Å². The average Bonchev–Trinajstić information content (AvgIpc) is 3.44. The van der Waals surface area contributed by atoms with E-state index in [2.05, 4.69) is 4.90 Å². The van der Waals surface area contributed by atoms with Crippen molar-refractivity contribution in [2.24, 2.45) is 0 Å². The molecule has 1 amide bonds. The highest BCUT2D eigenvalue weighted by Crippen LogP contribution is 2.33. The number of nitrogens with zero attached hydrogens (tertiary/aromatic N) is 3. The molecule has 1 saturated heterocycles. The molecule has 0 radical (unpaired) electrons. The van der Waals surface area contributed by atoms with Crippen molar-refractivity contribution in [3.05, 3.63) is 82.4 Å². The van der Waals surface area contributed by atoms with Gasteiger partial charge in [0, 0.05) is 45.8 Å². The molecule has 0 spiro atoms. The van der Waals surface area contributed by atoms with Gasteiger partial charge in [0.15, 0.2) is 18.1 Å². The minimum absolute atomic E-state index is 0.106. The fourth-order valence-corrected chi connectivity index (χ4v) is 7.01. The molecular formula is C29H30ClN3O6S. The minimum atomic E-state index is -3.72. The van der Waals surface area contributed by atoms with Gasteiger partial charge in [0.25, 0.3) is 5.91 Å². The summed E-state index contributed by atoms with van der Waals surface area (Å²) in [6.45, 7) is 4.27. The maximum atomic E-state index is 13.3. The van der Waals surface area contributed by atoms with Gasteiger partial charge in [-0.1, -0.05) is 41.9 Å². The Kier molecular flexibility index (Phi) is 7.59. The van der Waals surface area contributed by atoms with E-state index in [-0.39, 0.29) is 35.0 Å². The van der Waals surface area contributed by atoms with Crippen LogP contribution in [0, 0.1) is 0 Å². The van der Waals surface area contributed by atoms with Crippen LogP contribution in [-0.2, 0) is 34.3 Å². The molecule has 1 fully saturated rings. The number of amides is 1. The number of benzene rings is 3. The fraction of sp³-hybridized carbons (Fsp3) is 0.345. The number of halogens is 1. The Bertz CT molecular complexity index is 1520. The molecule has 0 bridgehead atoms. The third kappa shape index (κ3) is 5.62. The summed E-state index contributed by atoms with van der Waals surface area (Å²) in [6, 6.07) is 18.2. The van der Waals surface area contributed by atoms with Crippen molar-refractivity contribution in [3.63, 3.8) is 0 Å². The van der Waals surface area contributed by atoms with E-state index >= 15 is 0 Å². The zero-order valence-electron chi connectivity index (χ0n) is 21.9. The summed E-state index contributed by atoms with van der Waals surface area (Å²) in [5.74, 6) is 1.68. The Morgan fingerprint density at radius 2 is 1.68 bits per heavy atom. The van der Waals surface area contributed by atoms with Crippen LogP contribution >= 0.6 is 11.6 Å². The molecule has 0 aliphatic carbocycles. The zero-order chi connectivity index (χ0) is 27.7. The van der Waals surface area contributed by atoms with Gasteiger partial charge in [-0.05, 0) is 53.4 Å². The molecule has 3 heterocycles. The molecule has 3 aromatic rings. The maximum absolute atomic E-state index is 13.3. The Labute approximate surface area is 238 Å². The summed E-state index contributed by atoms with van der Waals surface area (Å²) in [7, 11) is -3.72. The van der Waals surface area contributed by atoms with Gasteiger partial charge < -0.3 is 19.1 Å². The summed E-state index contributed by atoms with van der Waals surface area (Å²) in [5, 5.41) is 0.153. The predicted molar refractivity (Wildman–Crippen MR) is 149 cm³/mol. The lowest BCUT2D eigenvalue weighted by atomic mass is 10.0. The van der Waals surface area contributed by atoms with Crippen molar-refractivity contribution in [1.82, 2.24) is 14.1 Å². The molecule has 0 saturated carbocycles. The van der Waals surface area contributed by atoms with Crippen LogP contribution in [0.25, 0.3) is 0 Å². The molecule has 0 atom stereocenters. The Morgan fingerprint density at radius 3 is 2.48 bits per heavy atom. The van der Waals surface area contributed by atoms with Crippen molar-refractivity contribution in [1.29, 1.82) is 0 Å². The largest absolute Gasteiger partial charge is 0.482 e. The van der Waals surface area contributed by atoms with Gasteiger partial charge in [-0.25, -0.2) is 8.42 Å². The summed E-state index contributed by atoms with van der Waals surface area (Å²) in [6.07, 6.45) is 0.666. The van der Waals surface area contributed by atoms with Crippen LogP contribution < -0.4 is 14.2 Å². The second kappa shape index (κ2) is 11.3. The third-order valence-corrected chi connectivity index (χ3v) is 9.69. The van der Waals surface area contributed by atoms with Crippen LogP contribution in [0.2, 0.25) is 5.02 Å². The van der Waals surface area contributed by atoms with Crippen molar-refractivity contribution < 1.29 is 27.4 Å². The molecule has 0 unspecified atom stereocenters. The first kappa shape index (κ1) is 26.9. The fourth-order valence-electron chi connectivity index (χ4n) is 5.27. The van der Waals surface area contributed by atoms with Gasteiger partial charge in [-0.3, -0.25) is 9.69 Å². The molecule has 0 aromatic heterocycles. The number of carbonyl (C=O) groups is 1. The maximum Gasteiger partial charge on any atom is 0.260 e. The first-order valence-corrected chi connectivity index (χ1v) is 15.1. The first-order chi connectivity index (χ1) is 19.4. The number of sulfonamides is 1. The van der Waals surface area contributed by atoms with Crippen molar-refractivity contribution >= 4 is 27.5 Å². The zero-order valence-corrected chi connectivity index (χ0v) is 23.5. The smallest absolute Gasteiger partial charge is 0.260 e. The predicted octanol–water partition coefficient (Wildman–Crippen LogP) is 3.54. The lowest BCUT2D eigenvalue weighted by molar-refractivity contribution is -0.135. The highest BCUT2D eigenvalue weighted by Gasteiger charge is 2.29. The average molecular weight is 584 g/mol. The second-order valence-electron chi connectivity index (χ2n) is 10.1. The van der Waals surface area contributed by atoms with Crippen LogP contribution in [0.3, 0.4) is 0 Å². The standard InChI is InChI=1S/C29H30ClN3O6S/c30-25-16-24(40(35,36)33-10-9-22-3-1-2-4-23(22)18-33)6-8-26(25)37-19-29(34)32-13-11-31(12-14-32)17-21-5-7-27-28(15-21)39-20-38-27/h1-8,15-16H,9-14,17-20H2. The molecule has 9 nitrogen and oxygen atoms in total. The number of piperazine rings is 1. The van der Waals surface area contributed by atoms with E-state index in [0.717, 1.165) is 42.3 Å². The quantitative estimate of drug-likeness (QED) is 0.420. The van der Waals surface area contributed by atoms with Crippen LogP contribution in [0.1, 0.15) is 16.7 Å². The highest BCUT2D eigenvalue weighted by atomic mass is 35.5. The molecular weight excluding hydrogens is 554 g/mol. The minimum Gasteiger partial charge on any atom is -0.482 e. The normalized spacial score (nSPS) is 17.5. The lowest BCUT2D eigenvalue weighted by Gasteiger charge is -2.34. The molecule has 11 heteroatoms. The third-order valence-electron chi connectivity index (χ3n) is 7.56. The monoisotopic (exact) mass is 583 g/mol. The topological polar surface area (TPSA) is 88.6 Å². The van der Waals surface area contributed by atoms with E-state index in [1.807, 2.05) is 42.5 Å². The number of carbonyl (C=O) groups excluding carboxylic acids is 1. The van der Waals surface area contributed by atoms with Gasteiger partial charge in [-0.2, -0.15) is 4.31 Å². The summed E-state index contributed by atoms with van der Waals surface area (Å²) < 4.78 is 44.6. The Morgan fingerprint density at radius 1 is 0.900 bits per heavy atom. The van der Waals surface area contributed by atoms with E-state index in [1.165, 1.54) is 28.1 Å². The van der Waals surface area contributed by atoms with E-state index in [9.17, 15) is 13.2 Å². The summed E-state index contributed by atoms with van der Waals surface area (Å²) in [4.78, 5) is 17.0. The highest BCUT2D eigenvalue weighted by molar-refractivity contribution is 7.89. The summed E-state index contributed by atoms with van der Waals surface area (Å²) in [5.41, 5.74) is 3.32.